The SMILES string of the molecule is CCO[C@H]1C=C2CC[C@H]3[C@@H]4CC[C@H](OC(=O)OC)[C@@]4(C)CC[C@@H]3[C@@]2(C)CC1. The van der Waals surface area contributed by atoms with Crippen LogP contribution in [0.25, 0.3) is 0 Å². The molecule has 0 unspecified atom stereocenters. The van der Waals surface area contributed by atoms with Crippen LogP contribution in [-0.2, 0) is 14.2 Å². The molecule has 4 nitrogen and oxygen atoms in total. The van der Waals surface area contributed by atoms with Gasteiger partial charge in [0, 0.05) is 12.0 Å². The van der Waals surface area contributed by atoms with Crippen LogP contribution in [0.5, 0.6) is 0 Å². The minimum Gasteiger partial charge on any atom is -0.438 e. The van der Waals surface area contributed by atoms with E-state index in [0.717, 1.165) is 37.7 Å². The summed E-state index contributed by atoms with van der Waals surface area (Å²) in [5.74, 6) is 2.21. The average molecular weight is 377 g/mol. The van der Waals surface area contributed by atoms with Crippen LogP contribution < -0.4 is 0 Å². The summed E-state index contributed by atoms with van der Waals surface area (Å²) in [6, 6.07) is 0. The second kappa shape index (κ2) is 7.09. The molecule has 0 aliphatic heterocycles. The summed E-state index contributed by atoms with van der Waals surface area (Å²) < 4.78 is 16.4. The fourth-order valence-electron chi connectivity index (χ4n) is 7.35. The molecule has 0 aromatic heterocycles. The maximum Gasteiger partial charge on any atom is 0.508 e. The van der Waals surface area contributed by atoms with Crippen LogP contribution in [0.4, 0.5) is 4.79 Å². The lowest BCUT2D eigenvalue weighted by Crippen LogP contribution is -2.52. The summed E-state index contributed by atoms with van der Waals surface area (Å²) in [5, 5.41) is 0. The van der Waals surface area contributed by atoms with E-state index >= 15 is 0 Å². The molecule has 0 N–H and O–H groups in total. The number of carbonyl (C=O) groups is 1. The molecule has 0 amide bonds. The van der Waals surface area contributed by atoms with Crippen LogP contribution in [0.3, 0.4) is 0 Å². The third-order valence-electron chi connectivity index (χ3n) is 8.77. The number of allylic oxidation sites excluding steroid dienone is 1. The molecule has 152 valence electrons. The Labute approximate surface area is 164 Å². The first-order chi connectivity index (χ1) is 12.9. The lowest BCUT2D eigenvalue weighted by Gasteiger charge is -2.58. The van der Waals surface area contributed by atoms with Crippen LogP contribution in [0.2, 0.25) is 0 Å². The highest BCUT2D eigenvalue weighted by atomic mass is 16.7. The number of ether oxygens (including phenoxy) is 3. The monoisotopic (exact) mass is 376 g/mol. The number of carbonyl (C=O) groups excluding carboxylic acids is 1. The molecular weight excluding hydrogens is 340 g/mol. The lowest BCUT2D eigenvalue weighted by molar-refractivity contribution is -0.0877. The van der Waals surface area contributed by atoms with Crippen molar-refractivity contribution in [2.75, 3.05) is 13.7 Å². The first kappa shape index (κ1) is 19.3. The molecule has 4 aliphatic rings. The third-order valence-corrected chi connectivity index (χ3v) is 8.77. The molecule has 0 spiro atoms. The Bertz CT molecular complexity index is 613. The lowest BCUT2D eigenvalue weighted by atomic mass is 9.47. The van der Waals surface area contributed by atoms with E-state index in [9.17, 15) is 4.79 Å². The van der Waals surface area contributed by atoms with Gasteiger partial charge in [0.15, 0.2) is 0 Å². The van der Waals surface area contributed by atoms with E-state index in [-0.39, 0.29) is 11.5 Å². The molecule has 0 aromatic rings. The molecule has 27 heavy (non-hydrogen) atoms. The van der Waals surface area contributed by atoms with E-state index in [1.807, 2.05) is 0 Å². The Morgan fingerprint density at radius 3 is 2.67 bits per heavy atom. The second-order valence-electron chi connectivity index (χ2n) is 9.74. The topological polar surface area (TPSA) is 44.8 Å². The van der Waals surface area contributed by atoms with E-state index in [4.69, 9.17) is 14.2 Å². The molecule has 0 radical (unpaired) electrons. The first-order valence-electron chi connectivity index (χ1n) is 11.0. The van der Waals surface area contributed by atoms with Gasteiger partial charge < -0.3 is 14.2 Å². The highest BCUT2D eigenvalue weighted by molar-refractivity contribution is 5.60. The summed E-state index contributed by atoms with van der Waals surface area (Å²) in [6.07, 6.45) is 11.8. The van der Waals surface area contributed by atoms with Crippen molar-refractivity contribution in [3.63, 3.8) is 0 Å². The molecule has 4 heteroatoms. The molecular formula is C23H36O4. The molecule has 0 bridgehead atoms. The first-order valence-corrected chi connectivity index (χ1v) is 11.0. The van der Waals surface area contributed by atoms with Crippen LogP contribution in [0.1, 0.15) is 72.1 Å². The van der Waals surface area contributed by atoms with Crippen LogP contribution in [-0.4, -0.2) is 32.1 Å². The zero-order valence-electron chi connectivity index (χ0n) is 17.5. The Hall–Kier alpha value is -1.03. The van der Waals surface area contributed by atoms with Crippen molar-refractivity contribution in [1.29, 1.82) is 0 Å². The number of hydrogen-bond acceptors (Lipinski definition) is 4. The fourth-order valence-corrected chi connectivity index (χ4v) is 7.35. The van der Waals surface area contributed by atoms with Crippen LogP contribution >= 0.6 is 0 Å². The van der Waals surface area contributed by atoms with Crippen molar-refractivity contribution >= 4 is 6.16 Å². The Morgan fingerprint density at radius 2 is 1.93 bits per heavy atom. The number of hydrogen-bond donors (Lipinski definition) is 0. The predicted molar refractivity (Wildman–Crippen MR) is 104 cm³/mol. The van der Waals surface area contributed by atoms with Crippen LogP contribution in [0, 0.1) is 28.6 Å². The van der Waals surface area contributed by atoms with Crippen molar-refractivity contribution in [3.05, 3.63) is 11.6 Å². The normalized spacial score (nSPS) is 45.9. The fraction of sp³-hybridized carbons (Fsp3) is 0.870. The van der Waals surface area contributed by atoms with Gasteiger partial charge in [-0.3, -0.25) is 0 Å². The molecule has 3 fully saturated rings. The smallest absolute Gasteiger partial charge is 0.438 e. The van der Waals surface area contributed by atoms with Crippen molar-refractivity contribution in [2.24, 2.45) is 28.6 Å². The summed E-state index contributed by atoms with van der Waals surface area (Å²) in [7, 11) is 1.41. The summed E-state index contributed by atoms with van der Waals surface area (Å²) >= 11 is 0. The number of rotatable bonds is 3. The summed E-state index contributed by atoms with van der Waals surface area (Å²) in [5.41, 5.74) is 2.13. The van der Waals surface area contributed by atoms with E-state index < -0.39 is 6.16 Å². The zero-order chi connectivity index (χ0) is 19.2. The second-order valence-corrected chi connectivity index (χ2v) is 9.74. The van der Waals surface area contributed by atoms with E-state index in [1.54, 1.807) is 5.57 Å². The minimum absolute atomic E-state index is 0.0225. The van der Waals surface area contributed by atoms with Crippen LogP contribution in [0.15, 0.2) is 11.6 Å². The largest absolute Gasteiger partial charge is 0.508 e. The maximum absolute atomic E-state index is 11.7. The van der Waals surface area contributed by atoms with Crippen molar-refractivity contribution < 1.29 is 19.0 Å². The van der Waals surface area contributed by atoms with E-state index in [2.05, 4.69) is 26.8 Å². The Morgan fingerprint density at radius 1 is 1.11 bits per heavy atom. The quantitative estimate of drug-likeness (QED) is 0.481. The van der Waals surface area contributed by atoms with Gasteiger partial charge in [0.25, 0.3) is 0 Å². The average Bonchev–Trinajstić information content (AvgIpc) is 2.98. The number of methoxy groups -OCH3 is 1. The molecule has 4 rings (SSSR count). The Kier molecular flexibility index (Phi) is 5.07. The van der Waals surface area contributed by atoms with Gasteiger partial charge in [-0.25, -0.2) is 4.79 Å². The predicted octanol–water partition coefficient (Wildman–Crippen LogP) is 5.51. The highest BCUT2D eigenvalue weighted by Gasteiger charge is 2.60. The van der Waals surface area contributed by atoms with Gasteiger partial charge in [0.1, 0.15) is 6.10 Å². The van der Waals surface area contributed by atoms with Crippen molar-refractivity contribution in [2.45, 2.75) is 84.3 Å². The zero-order valence-corrected chi connectivity index (χ0v) is 17.5. The van der Waals surface area contributed by atoms with Gasteiger partial charge in [0.2, 0.25) is 0 Å². The van der Waals surface area contributed by atoms with Gasteiger partial charge in [-0.2, -0.15) is 0 Å². The Balaban J connectivity index is 1.54. The van der Waals surface area contributed by atoms with E-state index in [0.29, 0.717) is 17.4 Å². The van der Waals surface area contributed by atoms with E-state index in [1.165, 1.54) is 39.2 Å². The number of fused-ring (bicyclic) bond motifs is 5. The summed E-state index contributed by atoms with van der Waals surface area (Å²) in [6.45, 7) is 7.79. The molecule has 0 heterocycles. The molecule has 0 saturated heterocycles. The van der Waals surface area contributed by atoms with Gasteiger partial charge in [-0.1, -0.05) is 25.5 Å². The standard InChI is InChI=1S/C23H36O4/c1-5-26-16-10-12-22(2)15(14-16)6-7-17-18-8-9-20(27-21(24)25-4)23(18,3)13-11-19(17)22/h14,16-20H,5-13H2,1-4H3/t16-,17+,18+,19+,20+,22+,23+/m1/s1. The maximum atomic E-state index is 11.7. The van der Waals surface area contributed by atoms with Gasteiger partial charge in [0.05, 0.1) is 13.2 Å². The highest BCUT2D eigenvalue weighted by Crippen LogP contribution is 2.65. The van der Waals surface area contributed by atoms with Gasteiger partial charge in [-0.05, 0) is 81.5 Å². The molecule has 4 aliphatic carbocycles. The molecule has 3 saturated carbocycles. The third kappa shape index (κ3) is 3.03. The molecule has 0 aromatic carbocycles. The van der Waals surface area contributed by atoms with Crippen molar-refractivity contribution in [3.8, 4) is 0 Å². The van der Waals surface area contributed by atoms with Crippen molar-refractivity contribution in [1.82, 2.24) is 0 Å². The van der Waals surface area contributed by atoms with Gasteiger partial charge in [-0.15, -0.1) is 0 Å². The summed E-state index contributed by atoms with van der Waals surface area (Å²) in [4.78, 5) is 11.7. The molecule has 7 atom stereocenters. The minimum atomic E-state index is -0.515. The van der Waals surface area contributed by atoms with Gasteiger partial charge >= 0.3 is 6.16 Å².